The molecule has 0 unspecified atom stereocenters. The summed E-state index contributed by atoms with van der Waals surface area (Å²) in [6.45, 7) is 0. The van der Waals surface area contributed by atoms with Crippen LogP contribution in [0.15, 0.2) is 60.7 Å². The molecule has 6 heteroatoms. The third-order valence-corrected chi connectivity index (χ3v) is 3.55. The molecule has 2 rings (SSSR count). The smallest absolute Gasteiger partial charge is 0.291 e. The van der Waals surface area contributed by atoms with Crippen LogP contribution in [-0.2, 0) is 0 Å². The summed E-state index contributed by atoms with van der Waals surface area (Å²) in [5.74, 6) is 0. The second-order valence-electron chi connectivity index (χ2n) is 4.13. The molecule has 0 heterocycles. The molecule has 0 atom stereocenters. The van der Waals surface area contributed by atoms with E-state index in [1.807, 2.05) is 6.07 Å². The number of nitrogens with zero attached hydrogens (tertiary/aromatic N) is 1. The van der Waals surface area contributed by atoms with Crippen molar-refractivity contribution in [1.29, 1.82) is 5.41 Å². The van der Waals surface area contributed by atoms with Gasteiger partial charge in [-0.05, 0) is 29.5 Å². The van der Waals surface area contributed by atoms with Crippen LogP contribution in [0, 0.1) is 15.5 Å². The molecule has 0 fully saturated rings. The summed E-state index contributed by atoms with van der Waals surface area (Å²) in [7, 11) is 0. The molecule has 0 aliphatic carbocycles. The molecule has 0 amide bonds. The molecule has 0 bridgehead atoms. The Bertz CT molecular complexity index is 685. The topological polar surface area (TPSA) is 93.0 Å². The first kappa shape index (κ1) is 14.8. The van der Waals surface area contributed by atoms with Gasteiger partial charge in [0.15, 0.2) is 5.17 Å². The zero-order valence-corrected chi connectivity index (χ0v) is 11.8. The molecule has 2 aromatic rings. The fourth-order valence-electron chi connectivity index (χ4n) is 1.86. The van der Waals surface area contributed by atoms with Crippen LogP contribution in [0.4, 0.5) is 0 Å². The average molecular weight is 299 g/mol. The quantitative estimate of drug-likeness (QED) is 0.297. The highest BCUT2D eigenvalue weighted by Crippen LogP contribution is 2.35. The van der Waals surface area contributed by atoms with E-state index >= 15 is 0 Å². The third kappa shape index (κ3) is 3.70. The first-order chi connectivity index (χ1) is 10.1. The molecular weight excluding hydrogens is 286 g/mol. The second-order valence-corrected chi connectivity index (χ2v) is 5.19. The van der Waals surface area contributed by atoms with E-state index in [4.69, 9.17) is 11.1 Å². The minimum atomic E-state index is -0.437. The molecular formula is C15H13N3O2S. The van der Waals surface area contributed by atoms with Gasteiger partial charge in [0.25, 0.3) is 5.70 Å². The van der Waals surface area contributed by atoms with E-state index < -0.39 is 4.92 Å². The highest BCUT2D eigenvalue weighted by molar-refractivity contribution is 8.21. The van der Waals surface area contributed by atoms with Crippen molar-refractivity contribution >= 4 is 27.5 Å². The molecule has 106 valence electrons. The first-order valence-corrected chi connectivity index (χ1v) is 6.92. The molecule has 0 saturated heterocycles. The standard InChI is InChI=1S/C15H13N3O2S/c16-15(17)21-14(12-9-5-2-6-10-12)13(18(19)20)11-7-3-1-4-8-11/h1-10H,(H3,16,17)/b14-13-. The average Bonchev–Trinajstić information content (AvgIpc) is 2.48. The summed E-state index contributed by atoms with van der Waals surface area (Å²) >= 11 is 0.883. The Morgan fingerprint density at radius 1 is 1.00 bits per heavy atom. The Labute approximate surface area is 126 Å². The maximum Gasteiger partial charge on any atom is 0.291 e. The van der Waals surface area contributed by atoms with Gasteiger partial charge in [0.1, 0.15) is 4.91 Å². The predicted octanol–water partition coefficient (Wildman–Crippen LogP) is 3.42. The number of nitrogens with two attached hydrogens (primary N) is 1. The number of rotatable bonds is 4. The summed E-state index contributed by atoms with van der Waals surface area (Å²) in [4.78, 5) is 11.4. The van der Waals surface area contributed by atoms with E-state index in [0.717, 1.165) is 11.8 Å². The minimum absolute atomic E-state index is 0.0537. The number of amidine groups is 1. The molecule has 0 spiro atoms. The molecule has 0 saturated carbocycles. The van der Waals surface area contributed by atoms with Crippen LogP contribution < -0.4 is 5.73 Å². The number of thioether (sulfide) groups is 1. The number of nitro groups is 1. The van der Waals surface area contributed by atoms with Gasteiger partial charge < -0.3 is 5.73 Å². The highest BCUT2D eigenvalue weighted by Gasteiger charge is 2.23. The molecule has 21 heavy (non-hydrogen) atoms. The SMILES string of the molecule is N=C(N)S/C(=C(/c1ccccc1)[N+](=O)[O-])c1ccccc1. The zero-order chi connectivity index (χ0) is 15.2. The van der Waals surface area contributed by atoms with Crippen LogP contribution in [-0.4, -0.2) is 10.1 Å². The lowest BCUT2D eigenvalue weighted by atomic mass is 10.1. The summed E-state index contributed by atoms with van der Waals surface area (Å²) < 4.78 is 0. The van der Waals surface area contributed by atoms with E-state index in [2.05, 4.69) is 0 Å². The lowest BCUT2D eigenvalue weighted by molar-refractivity contribution is -0.374. The van der Waals surface area contributed by atoms with Gasteiger partial charge >= 0.3 is 0 Å². The van der Waals surface area contributed by atoms with Crippen LogP contribution >= 0.6 is 11.8 Å². The van der Waals surface area contributed by atoms with Gasteiger partial charge in [-0.2, -0.15) is 0 Å². The molecule has 3 N–H and O–H groups in total. The van der Waals surface area contributed by atoms with E-state index in [0.29, 0.717) is 16.0 Å². The highest BCUT2D eigenvalue weighted by atomic mass is 32.2. The van der Waals surface area contributed by atoms with Crippen LogP contribution in [0.5, 0.6) is 0 Å². The van der Waals surface area contributed by atoms with Crippen molar-refractivity contribution < 1.29 is 4.92 Å². The van der Waals surface area contributed by atoms with E-state index in [1.54, 1.807) is 54.6 Å². The Hall–Kier alpha value is -2.60. The van der Waals surface area contributed by atoms with Crippen molar-refractivity contribution in [3.05, 3.63) is 81.9 Å². The summed E-state index contributed by atoms with van der Waals surface area (Å²) in [6, 6.07) is 17.5. The van der Waals surface area contributed by atoms with Crippen molar-refractivity contribution in [3.8, 4) is 0 Å². The molecule has 0 aliphatic rings. The Kier molecular flexibility index (Phi) is 4.73. The van der Waals surface area contributed by atoms with Gasteiger partial charge in [0.05, 0.1) is 10.5 Å². The van der Waals surface area contributed by atoms with Crippen molar-refractivity contribution in [2.24, 2.45) is 5.73 Å². The molecule has 5 nitrogen and oxygen atoms in total. The number of benzene rings is 2. The molecule has 2 aromatic carbocycles. The maximum absolute atomic E-state index is 11.5. The van der Waals surface area contributed by atoms with Crippen LogP contribution in [0.2, 0.25) is 0 Å². The Balaban J connectivity index is 2.68. The van der Waals surface area contributed by atoms with Gasteiger partial charge in [-0.15, -0.1) is 0 Å². The van der Waals surface area contributed by atoms with Gasteiger partial charge in [0, 0.05) is 0 Å². The zero-order valence-electron chi connectivity index (χ0n) is 11.0. The maximum atomic E-state index is 11.5. The van der Waals surface area contributed by atoms with Crippen LogP contribution in [0.25, 0.3) is 10.6 Å². The Morgan fingerprint density at radius 3 is 1.90 bits per heavy atom. The number of nitrogens with one attached hydrogen (secondary N) is 1. The minimum Gasteiger partial charge on any atom is -0.378 e. The van der Waals surface area contributed by atoms with Crippen LogP contribution in [0.3, 0.4) is 0 Å². The fraction of sp³-hybridized carbons (Fsp3) is 0. The fourth-order valence-corrected chi connectivity index (χ4v) is 2.62. The van der Waals surface area contributed by atoms with Crippen LogP contribution in [0.1, 0.15) is 11.1 Å². The van der Waals surface area contributed by atoms with Crippen molar-refractivity contribution in [1.82, 2.24) is 0 Å². The van der Waals surface area contributed by atoms with Crippen molar-refractivity contribution in [2.45, 2.75) is 0 Å². The lowest BCUT2D eigenvalue weighted by Crippen LogP contribution is -2.07. The summed E-state index contributed by atoms with van der Waals surface area (Å²) in [6.07, 6.45) is 0. The third-order valence-electron chi connectivity index (χ3n) is 2.69. The normalized spacial score (nSPS) is 11.6. The second kappa shape index (κ2) is 6.71. The van der Waals surface area contributed by atoms with E-state index in [-0.39, 0.29) is 10.9 Å². The van der Waals surface area contributed by atoms with Gasteiger partial charge in [-0.3, -0.25) is 15.5 Å². The van der Waals surface area contributed by atoms with Gasteiger partial charge in [-0.1, -0.05) is 48.5 Å². The monoisotopic (exact) mass is 299 g/mol. The van der Waals surface area contributed by atoms with Gasteiger partial charge in [-0.25, -0.2) is 0 Å². The van der Waals surface area contributed by atoms with E-state index in [9.17, 15) is 10.1 Å². The van der Waals surface area contributed by atoms with E-state index in [1.165, 1.54) is 0 Å². The molecule has 0 aliphatic heterocycles. The number of hydrogen-bond donors (Lipinski definition) is 2. The van der Waals surface area contributed by atoms with Crippen molar-refractivity contribution in [2.75, 3.05) is 0 Å². The summed E-state index contributed by atoms with van der Waals surface area (Å²) in [5.41, 5.74) is 6.52. The van der Waals surface area contributed by atoms with Gasteiger partial charge in [0.2, 0.25) is 0 Å². The largest absolute Gasteiger partial charge is 0.378 e. The first-order valence-electron chi connectivity index (χ1n) is 6.11. The Morgan fingerprint density at radius 2 is 1.48 bits per heavy atom. The van der Waals surface area contributed by atoms with Crippen molar-refractivity contribution in [3.63, 3.8) is 0 Å². The number of hydrogen-bond acceptors (Lipinski definition) is 4. The molecule has 0 aromatic heterocycles. The summed E-state index contributed by atoms with van der Waals surface area (Å²) in [5, 5.41) is 18.8. The lowest BCUT2D eigenvalue weighted by Gasteiger charge is -2.08. The predicted molar refractivity (Wildman–Crippen MR) is 86.2 cm³/mol. The molecule has 0 radical (unpaired) electrons.